The molecule has 17 heavy (non-hydrogen) atoms. The second-order valence-electron chi connectivity index (χ2n) is 4.10. The molecule has 0 unspecified atom stereocenters. The van der Waals surface area contributed by atoms with Crippen molar-refractivity contribution in [3.8, 4) is 0 Å². The molecule has 0 heterocycles. The van der Waals surface area contributed by atoms with Crippen LogP contribution in [-0.2, 0) is 9.53 Å². The summed E-state index contributed by atoms with van der Waals surface area (Å²) in [4.78, 5) is 11.6. The number of esters is 1. The minimum absolute atomic E-state index is 0.248. The van der Waals surface area contributed by atoms with E-state index >= 15 is 0 Å². The van der Waals surface area contributed by atoms with E-state index < -0.39 is 0 Å². The third-order valence-electron chi connectivity index (χ3n) is 2.46. The Morgan fingerprint density at radius 1 is 1.53 bits per heavy atom. The number of carbonyl (C=O) groups excluding carboxylic acids is 1. The van der Waals surface area contributed by atoms with Crippen molar-refractivity contribution in [1.82, 2.24) is 0 Å². The Kier molecular flexibility index (Phi) is 4.76. The topological polar surface area (TPSA) is 38.3 Å². The molecule has 0 amide bonds. The number of hydrogen-bond donors (Lipinski definition) is 1. The molecule has 0 fully saturated rings. The maximum atomic E-state index is 11.6. The Morgan fingerprint density at radius 2 is 2.24 bits per heavy atom. The number of rotatable bonds is 5. The normalized spacial score (nSPS) is 11.7. The van der Waals surface area contributed by atoms with Crippen LogP contribution in [0, 0.1) is 13.8 Å². The van der Waals surface area contributed by atoms with E-state index in [4.69, 9.17) is 4.74 Å². The zero-order chi connectivity index (χ0) is 12.8. The van der Waals surface area contributed by atoms with Gasteiger partial charge in [-0.05, 0) is 38.0 Å². The van der Waals surface area contributed by atoms with Gasteiger partial charge in [0.1, 0.15) is 12.6 Å². The molecule has 0 saturated carbocycles. The van der Waals surface area contributed by atoms with Crippen molar-refractivity contribution in [1.29, 1.82) is 0 Å². The van der Waals surface area contributed by atoms with E-state index in [2.05, 4.69) is 11.9 Å². The van der Waals surface area contributed by atoms with Crippen LogP contribution in [0.3, 0.4) is 0 Å². The largest absolute Gasteiger partial charge is 0.460 e. The fourth-order valence-corrected chi connectivity index (χ4v) is 1.45. The lowest BCUT2D eigenvalue weighted by Crippen LogP contribution is -2.28. The van der Waals surface area contributed by atoms with Crippen LogP contribution in [-0.4, -0.2) is 18.6 Å². The molecule has 0 aliphatic heterocycles. The number of nitrogens with one attached hydrogen (secondary N) is 1. The zero-order valence-corrected chi connectivity index (χ0v) is 10.6. The van der Waals surface area contributed by atoms with Gasteiger partial charge in [-0.15, -0.1) is 0 Å². The smallest absolute Gasteiger partial charge is 0.328 e. The second-order valence-corrected chi connectivity index (χ2v) is 4.10. The first-order valence-corrected chi connectivity index (χ1v) is 5.66. The van der Waals surface area contributed by atoms with Crippen molar-refractivity contribution in [2.75, 3.05) is 11.9 Å². The third kappa shape index (κ3) is 3.94. The molecule has 0 bridgehead atoms. The molecule has 1 N–H and O–H groups in total. The lowest BCUT2D eigenvalue weighted by atomic mass is 10.1. The van der Waals surface area contributed by atoms with Crippen LogP contribution in [0.1, 0.15) is 18.1 Å². The molecular weight excluding hydrogens is 214 g/mol. The Morgan fingerprint density at radius 3 is 2.88 bits per heavy atom. The summed E-state index contributed by atoms with van der Waals surface area (Å²) in [5, 5.41) is 3.15. The van der Waals surface area contributed by atoms with E-state index in [1.807, 2.05) is 32.0 Å². The van der Waals surface area contributed by atoms with Gasteiger partial charge in [0.25, 0.3) is 0 Å². The quantitative estimate of drug-likeness (QED) is 0.627. The SMILES string of the molecule is C=CCOC(=O)[C@H](C)Nc1cc(C)ccc1C. The van der Waals surface area contributed by atoms with Crippen molar-refractivity contribution in [2.45, 2.75) is 26.8 Å². The standard InChI is InChI=1S/C14H19NO2/c1-5-8-17-14(16)12(4)15-13-9-10(2)6-7-11(13)3/h5-7,9,12,15H,1,8H2,2-4H3/t12-/m0/s1. The highest BCUT2D eigenvalue weighted by atomic mass is 16.5. The number of carbonyl (C=O) groups is 1. The van der Waals surface area contributed by atoms with Crippen molar-refractivity contribution in [3.63, 3.8) is 0 Å². The van der Waals surface area contributed by atoms with Crippen molar-refractivity contribution in [3.05, 3.63) is 42.0 Å². The highest BCUT2D eigenvalue weighted by Gasteiger charge is 2.14. The molecule has 0 aromatic heterocycles. The minimum Gasteiger partial charge on any atom is -0.460 e. The Labute approximate surface area is 102 Å². The van der Waals surface area contributed by atoms with Gasteiger partial charge in [0, 0.05) is 5.69 Å². The first kappa shape index (κ1) is 13.3. The molecule has 0 spiro atoms. The molecule has 0 radical (unpaired) electrons. The maximum Gasteiger partial charge on any atom is 0.328 e. The molecule has 1 aromatic carbocycles. The first-order chi connectivity index (χ1) is 8.04. The van der Waals surface area contributed by atoms with Crippen LogP contribution >= 0.6 is 0 Å². The Hall–Kier alpha value is -1.77. The molecule has 1 rings (SSSR count). The Balaban J connectivity index is 2.66. The number of benzene rings is 1. The van der Waals surface area contributed by atoms with Gasteiger partial charge in [-0.25, -0.2) is 4.79 Å². The average molecular weight is 233 g/mol. The van der Waals surface area contributed by atoms with E-state index in [1.165, 1.54) is 0 Å². The van der Waals surface area contributed by atoms with Crippen LogP contribution in [0.25, 0.3) is 0 Å². The van der Waals surface area contributed by atoms with Crippen LogP contribution < -0.4 is 5.32 Å². The number of hydrogen-bond acceptors (Lipinski definition) is 3. The summed E-state index contributed by atoms with van der Waals surface area (Å²) in [5.41, 5.74) is 3.23. The molecule has 0 aliphatic carbocycles. The van der Waals surface area contributed by atoms with Crippen LogP contribution in [0.4, 0.5) is 5.69 Å². The van der Waals surface area contributed by atoms with Gasteiger partial charge in [0.05, 0.1) is 0 Å². The summed E-state index contributed by atoms with van der Waals surface area (Å²) in [5.74, 6) is -0.272. The maximum absolute atomic E-state index is 11.6. The number of aryl methyl sites for hydroxylation is 2. The van der Waals surface area contributed by atoms with E-state index in [0.717, 1.165) is 16.8 Å². The molecule has 0 saturated heterocycles. The highest BCUT2D eigenvalue weighted by molar-refractivity contribution is 5.79. The fraction of sp³-hybridized carbons (Fsp3) is 0.357. The van der Waals surface area contributed by atoms with Crippen molar-refractivity contribution in [2.24, 2.45) is 0 Å². The third-order valence-corrected chi connectivity index (χ3v) is 2.46. The van der Waals surface area contributed by atoms with Gasteiger partial charge in [0.2, 0.25) is 0 Å². The predicted octanol–water partition coefficient (Wildman–Crippen LogP) is 2.83. The summed E-state index contributed by atoms with van der Waals surface area (Å²) in [7, 11) is 0. The molecule has 1 atom stereocenters. The summed E-state index contributed by atoms with van der Waals surface area (Å²) < 4.78 is 4.98. The first-order valence-electron chi connectivity index (χ1n) is 5.66. The lowest BCUT2D eigenvalue weighted by molar-refractivity contribution is -0.142. The van der Waals surface area contributed by atoms with Crippen molar-refractivity contribution >= 4 is 11.7 Å². The molecule has 0 aliphatic rings. The molecule has 1 aromatic rings. The van der Waals surface area contributed by atoms with Gasteiger partial charge >= 0.3 is 5.97 Å². The zero-order valence-electron chi connectivity index (χ0n) is 10.6. The van der Waals surface area contributed by atoms with E-state index in [0.29, 0.717) is 0 Å². The molecule has 3 nitrogen and oxygen atoms in total. The van der Waals surface area contributed by atoms with Crippen LogP contribution in [0.2, 0.25) is 0 Å². The monoisotopic (exact) mass is 233 g/mol. The van der Waals surface area contributed by atoms with Gasteiger partial charge in [-0.3, -0.25) is 0 Å². The van der Waals surface area contributed by atoms with Crippen molar-refractivity contribution < 1.29 is 9.53 Å². The molecular formula is C14H19NO2. The van der Waals surface area contributed by atoms with E-state index in [9.17, 15) is 4.79 Å². The highest BCUT2D eigenvalue weighted by Crippen LogP contribution is 2.17. The summed E-state index contributed by atoms with van der Waals surface area (Å²) in [6, 6.07) is 5.73. The van der Waals surface area contributed by atoms with Gasteiger partial charge < -0.3 is 10.1 Å². The minimum atomic E-state index is -0.365. The van der Waals surface area contributed by atoms with Crippen LogP contribution in [0.15, 0.2) is 30.9 Å². The summed E-state index contributed by atoms with van der Waals surface area (Å²) in [6.07, 6.45) is 1.56. The lowest BCUT2D eigenvalue weighted by Gasteiger charge is -2.16. The average Bonchev–Trinajstić information content (AvgIpc) is 2.30. The predicted molar refractivity (Wildman–Crippen MR) is 70.2 cm³/mol. The van der Waals surface area contributed by atoms with Gasteiger partial charge in [-0.1, -0.05) is 24.8 Å². The van der Waals surface area contributed by atoms with E-state index in [-0.39, 0.29) is 18.6 Å². The summed E-state index contributed by atoms with van der Waals surface area (Å²) >= 11 is 0. The fourth-order valence-electron chi connectivity index (χ4n) is 1.45. The van der Waals surface area contributed by atoms with Crippen LogP contribution in [0.5, 0.6) is 0 Å². The molecule has 3 heteroatoms. The van der Waals surface area contributed by atoms with E-state index in [1.54, 1.807) is 13.0 Å². The number of ether oxygens (including phenoxy) is 1. The van der Waals surface area contributed by atoms with Gasteiger partial charge in [-0.2, -0.15) is 0 Å². The summed E-state index contributed by atoms with van der Waals surface area (Å²) in [6.45, 7) is 9.56. The second kappa shape index (κ2) is 6.09. The van der Waals surface area contributed by atoms with Gasteiger partial charge in [0.15, 0.2) is 0 Å². The number of anilines is 1. The Bertz CT molecular complexity index is 413. The molecule has 92 valence electrons.